The third kappa shape index (κ3) is 4.20. The summed E-state index contributed by atoms with van der Waals surface area (Å²) in [6, 6.07) is 8.97. The molecule has 0 saturated heterocycles. The summed E-state index contributed by atoms with van der Waals surface area (Å²) in [6.45, 7) is 4.16. The highest BCUT2D eigenvalue weighted by molar-refractivity contribution is 5.95. The summed E-state index contributed by atoms with van der Waals surface area (Å²) in [5, 5.41) is 7.19. The number of ether oxygens (including phenoxy) is 1. The number of amides is 1. The normalized spacial score (nSPS) is 12.0. The Bertz CT molecular complexity index is 951. The molecular weight excluding hydrogens is 342 g/mol. The molecule has 0 fully saturated rings. The lowest BCUT2D eigenvalue weighted by Crippen LogP contribution is -2.32. The average molecular weight is 365 g/mol. The van der Waals surface area contributed by atoms with E-state index in [4.69, 9.17) is 4.74 Å². The summed E-state index contributed by atoms with van der Waals surface area (Å²) in [5.74, 6) is -0.182. The average Bonchev–Trinajstić information content (AvgIpc) is 3.09. The van der Waals surface area contributed by atoms with Crippen molar-refractivity contribution in [2.75, 3.05) is 13.7 Å². The molecule has 0 saturated carbocycles. The quantitative estimate of drug-likeness (QED) is 0.726. The largest absolute Gasteiger partial charge is 0.382 e. The Kier molecular flexibility index (Phi) is 5.61. The van der Waals surface area contributed by atoms with Crippen LogP contribution in [-0.2, 0) is 11.8 Å². The van der Waals surface area contributed by atoms with Crippen molar-refractivity contribution in [1.82, 2.24) is 25.1 Å². The first-order valence-corrected chi connectivity index (χ1v) is 8.68. The van der Waals surface area contributed by atoms with Crippen LogP contribution in [-0.4, -0.2) is 39.4 Å². The van der Waals surface area contributed by atoms with Crippen LogP contribution >= 0.6 is 0 Å². The fourth-order valence-corrected chi connectivity index (χ4v) is 2.95. The Balaban J connectivity index is 1.87. The molecule has 1 aromatic carbocycles. The maximum absolute atomic E-state index is 12.8. The van der Waals surface area contributed by atoms with E-state index in [9.17, 15) is 4.79 Å². The minimum atomic E-state index is -0.292. The van der Waals surface area contributed by atoms with Gasteiger partial charge in [0.1, 0.15) is 0 Å². The van der Waals surface area contributed by atoms with Crippen LogP contribution in [0.25, 0.3) is 11.3 Å². The number of methoxy groups -OCH3 is 1. The molecule has 0 bridgehead atoms. The molecule has 1 atom stereocenters. The third-order valence-electron chi connectivity index (χ3n) is 4.33. The van der Waals surface area contributed by atoms with Crippen LogP contribution in [0.15, 0.2) is 42.7 Å². The summed E-state index contributed by atoms with van der Waals surface area (Å²) in [5.41, 5.74) is 4.73. The second-order valence-electron chi connectivity index (χ2n) is 6.39. The molecule has 140 valence electrons. The number of hydrogen-bond acceptors (Lipinski definition) is 5. The van der Waals surface area contributed by atoms with Crippen LogP contribution in [0.4, 0.5) is 0 Å². The first kappa shape index (κ1) is 18.7. The smallest absolute Gasteiger partial charge is 0.251 e. The summed E-state index contributed by atoms with van der Waals surface area (Å²) in [6.07, 6.45) is 3.43. The Morgan fingerprint density at radius 3 is 2.81 bits per heavy atom. The predicted molar refractivity (Wildman–Crippen MR) is 102 cm³/mol. The van der Waals surface area contributed by atoms with Crippen molar-refractivity contribution in [3.63, 3.8) is 0 Å². The van der Waals surface area contributed by atoms with E-state index in [1.54, 1.807) is 30.3 Å². The first-order valence-electron chi connectivity index (χ1n) is 8.68. The molecule has 0 aliphatic heterocycles. The lowest BCUT2D eigenvalue weighted by Gasteiger charge is -2.18. The highest BCUT2D eigenvalue weighted by Gasteiger charge is 2.19. The molecule has 1 amide bonds. The molecule has 0 spiro atoms. The monoisotopic (exact) mass is 365 g/mol. The van der Waals surface area contributed by atoms with Crippen molar-refractivity contribution in [1.29, 1.82) is 0 Å². The van der Waals surface area contributed by atoms with Crippen LogP contribution in [0.1, 0.15) is 33.5 Å². The molecule has 0 aliphatic rings. The van der Waals surface area contributed by atoms with Gasteiger partial charge in [0.15, 0.2) is 0 Å². The number of nitrogens with zero attached hydrogens (tertiary/aromatic N) is 4. The van der Waals surface area contributed by atoms with E-state index in [1.807, 2.05) is 45.2 Å². The van der Waals surface area contributed by atoms with E-state index in [-0.39, 0.29) is 11.9 Å². The SMILES string of the molecule is COC[C@@H](NC(=O)c1cccc(-c2nc(C)cnc2C)c1)c1ccnn1C. The van der Waals surface area contributed by atoms with Crippen LogP contribution in [0.3, 0.4) is 0 Å². The molecule has 0 unspecified atom stereocenters. The molecule has 27 heavy (non-hydrogen) atoms. The number of carbonyl (C=O) groups excluding carboxylic acids is 1. The van der Waals surface area contributed by atoms with Crippen molar-refractivity contribution in [2.24, 2.45) is 7.05 Å². The number of nitrogens with one attached hydrogen (secondary N) is 1. The topological polar surface area (TPSA) is 81.9 Å². The Morgan fingerprint density at radius 2 is 2.11 bits per heavy atom. The lowest BCUT2D eigenvalue weighted by atomic mass is 10.1. The van der Waals surface area contributed by atoms with E-state index in [1.165, 1.54) is 0 Å². The molecular formula is C20H23N5O2. The maximum Gasteiger partial charge on any atom is 0.251 e. The van der Waals surface area contributed by atoms with Crippen molar-refractivity contribution in [2.45, 2.75) is 19.9 Å². The van der Waals surface area contributed by atoms with Gasteiger partial charge < -0.3 is 10.1 Å². The number of rotatable bonds is 6. The molecule has 3 rings (SSSR count). The van der Waals surface area contributed by atoms with Gasteiger partial charge >= 0.3 is 0 Å². The Morgan fingerprint density at radius 1 is 1.30 bits per heavy atom. The molecule has 3 aromatic rings. The highest BCUT2D eigenvalue weighted by atomic mass is 16.5. The standard InChI is InChI=1S/C20H23N5O2/c1-13-11-21-14(2)19(23-13)15-6-5-7-16(10-15)20(26)24-17(12-27-4)18-8-9-22-25(18)3/h5-11,17H,12H2,1-4H3,(H,24,26)/t17-/m1/s1. The minimum Gasteiger partial charge on any atom is -0.382 e. The highest BCUT2D eigenvalue weighted by Crippen LogP contribution is 2.22. The van der Waals surface area contributed by atoms with Gasteiger partial charge in [-0.15, -0.1) is 0 Å². The van der Waals surface area contributed by atoms with Crippen molar-refractivity contribution in [3.05, 3.63) is 65.4 Å². The van der Waals surface area contributed by atoms with E-state index < -0.39 is 0 Å². The van der Waals surface area contributed by atoms with E-state index >= 15 is 0 Å². The Hall–Kier alpha value is -3.06. The van der Waals surface area contributed by atoms with E-state index in [0.29, 0.717) is 12.2 Å². The number of hydrogen-bond donors (Lipinski definition) is 1. The molecule has 2 heterocycles. The molecule has 0 radical (unpaired) electrons. The summed E-state index contributed by atoms with van der Waals surface area (Å²) in [7, 11) is 3.44. The van der Waals surface area contributed by atoms with Crippen LogP contribution in [0.2, 0.25) is 0 Å². The van der Waals surface area contributed by atoms with Gasteiger partial charge in [-0.25, -0.2) is 4.98 Å². The zero-order chi connectivity index (χ0) is 19.4. The summed E-state index contributed by atoms with van der Waals surface area (Å²) >= 11 is 0. The third-order valence-corrected chi connectivity index (χ3v) is 4.33. The minimum absolute atomic E-state index is 0.182. The van der Waals surface area contributed by atoms with Crippen molar-refractivity contribution < 1.29 is 9.53 Å². The number of aryl methyl sites for hydroxylation is 3. The maximum atomic E-state index is 12.8. The molecule has 0 aliphatic carbocycles. The van der Waals surface area contributed by atoms with Crippen LogP contribution in [0.5, 0.6) is 0 Å². The zero-order valence-electron chi connectivity index (χ0n) is 15.9. The van der Waals surface area contributed by atoms with Gasteiger partial charge in [-0.2, -0.15) is 5.10 Å². The predicted octanol–water partition coefficient (Wildman–Crippen LogP) is 2.61. The molecule has 2 aromatic heterocycles. The van der Waals surface area contributed by atoms with E-state index in [0.717, 1.165) is 28.3 Å². The summed E-state index contributed by atoms with van der Waals surface area (Å²) in [4.78, 5) is 21.8. The molecule has 1 N–H and O–H groups in total. The Labute approximate surface area is 158 Å². The van der Waals surface area contributed by atoms with Crippen LogP contribution in [0, 0.1) is 13.8 Å². The molecule has 7 heteroatoms. The van der Waals surface area contributed by atoms with Crippen molar-refractivity contribution >= 4 is 5.91 Å². The second-order valence-corrected chi connectivity index (χ2v) is 6.39. The van der Waals surface area contributed by atoms with Gasteiger partial charge in [0, 0.05) is 37.7 Å². The van der Waals surface area contributed by atoms with Crippen molar-refractivity contribution in [3.8, 4) is 11.3 Å². The van der Waals surface area contributed by atoms with Crippen LogP contribution < -0.4 is 5.32 Å². The van der Waals surface area contributed by atoms with Gasteiger partial charge in [0.25, 0.3) is 5.91 Å². The number of aromatic nitrogens is 4. The second kappa shape index (κ2) is 8.09. The molecule has 7 nitrogen and oxygen atoms in total. The number of carbonyl (C=O) groups is 1. The van der Waals surface area contributed by atoms with Gasteiger partial charge in [0.05, 0.1) is 35.4 Å². The lowest BCUT2D eigenvalue weighted by molar-refractivity contribution is 0.0892. The summed E-state index contributed by atoms with van der Waals surface area (Å²) < 4.78 is 7.00. The zero-order valence-corrected chi connectivity index (χ0v) is 15.9. The van der Waals surface area contributed by atoms with E-state index in [2.05, 4.69) is 20.4 Å². The first-order chi connectivity index (χ1) is 13.0. The van der Waals surface area contributed by atoms with Gasteiger partial charge in [-0.05, 0) is 32.0 Å². The van der Waals surface area contributed by atoms with Gasteiger partial charge in [-0.3, -0.25) is 14.5 Å². The number of benzene rings is 1. The fourth-order valence-electron chi connectivity index (χ4n) is 2.95. The van der Waals surface area contributed by atoms with Gasteiger partial charge in [-0.1, -0.05) is 12.1 Å². The van der Waals surface area contributed by atoms with Gasteiger partial charge in [0.2, 0.25) is 0 Å². The fraction of sp³-hybridized carbons (Fsp3) is 0.300.